The Bertz CT molecular complexity index is 1110. The number of carbonyl (C=O) groups excluding carboxylic acids is 1. The van der Waals surface area contributed by atoms with Crippen LogP contribution in [0.3, 0.4) is 0 Å². The van der Waals surface area contributed by atoms with Crippen LogP contribution in [0, 0.1) is 0 Å². The number of nitrogens with zero attached hydrogens (tertiary/aromatic N) is 2. The maximum absolute atomic E-state index is 12.7. The molecule has 0 aliphatic carbocycles. The predicted molar refractivity (Wildman–Crippen MR) is 114 cm³/mol. The molecule has 4 aromatic rings. The van der Waals surface area contributed by atoms with Gasteiger partial charge in [-0.25, -0.2) is 4.98 Å². The zero-order chi connectivity index (χ0) is 20.2. The van der Waals surface area contributed by atoms with E-state index in [9.17, 15) is 4.79 Å². The van der Waals surface area contributed by atoms with Crippen LogP contribution in [0.2, 0.25) is 0 Å². The molecule has 0 aliphatic heterocycles. The molecule has 2 aromatic carbocycles. The number of imidazole rings is 1. The fraction of sp³-hybridized carbons (Fsp3) is 0.182. The van der Waals surface area contributed by atoms with Gasteiger partial charge in [0.15, 0.2) is 4.96 Å². The molecule has 7 heteroatoms. The van der Waals surface area contributed by atoms with E-state index in [1.807, 2.05) is 64.5 Å². The molecule has 2 heterocycles. The van der Waals surface area contributed by atoms with Gasteiger partial charge in [-0.2, -0.15) is 0 Å². The quantitative estimate of drug-likeness (QED) is 0.502. The number of amides is 1. The van der Waals surface area contributed by atoms with E-state index in [2.05, 4.69) is 10.3 Å². The molecule has 0 atom stereocenters. The van der Waals surface area contributed by atoms with Crippen molar-refractivity contribution < 1.29 is 14.3 Å². The summed E-state index contributed by atoms with van der Waals surface area (Å²) in [6.45, 7) is 0.558. The highest BCUT2D eigenvalue weighted by Gasteiger charge is 2.15. The van der Waals surface area contributed by atoms with E-state index in [0.29, 0.717) is 12.2 Å². The van der Waals surface area contributed by atoms with Crippen LogP contribution in [0.15, 0.2) is 60.1 Å². The Hall–Kier alpha value is -3.32. The molecule has 148 valence electrons. The highest BCUT2D eigenvalue weighted by molar-refractivity contribution is 7.15. The minimum atomic E-state index is -0.108. The summed E-state index contributed by atoms with van der Waals surface area (Å²) in [6, 6.07) is 15.6. The first kappa shape index (κ1) is 19.0. The van der Waals surface area contributed by atoms with Gasteiger partial charge in [-0.15, -0.1) is 11.3 Å². The molecular formula is C22H21N3O3S. The van der Waals surface area contributed by atoms with E-state index < -0.39 is 0 Å². The molecule has 0 saturated carbocycles. The van der Waals surface area contributed by atoms with Gasteiger partial charge in [-0.3, -0.25) is 9.20 Å². The fourth-order valence-corrected chi connectivity index (χ4v) is 3.90. The summed E-state index contributed by atoms with van der Waals surface area (Å²) < 4.78 is 12.2. The molecule has 0 aliphatic rings. The molecule has 1 amide bonds. The van der Waals surface area contributed by atoms with Gasteiger partial charge >= 0.3 is 0 Å². The van der Waals surface area contributed by atoms with Gasteiger partial charge in [0.2, 0.25) is 0 Å². The van der Waals surface area contributed by atoms with E-state index >= 15 is 0 Å². The van der Waals surface area contributed by atoms with Crippen molar-refractivity contribution in [3.05, 3.63) is 71.4 Å². The molecule has 6 nitrogen and oxygen atoms in total. The van der Waals surface area contributed by atoms with Gasteiger partial charge in [-0.05, 0) is 48.4 Å². The number of methoxy groups -OCH3 is 2. The first-order valence-electron chi connectivity index (χ1n) is 9.20. The normalized spacial score (nSPS) is 10.8. The van der Waals surface area contributed by atoms with Gasteiger partial charge in [0.25, 0.3) is 5.91 Å². The number of nitrogens with one attached hydrogen (secondary N) is 1. The molecular weight excluding hydrogens is 386 g/mol. The summed E-state index contributed by atoms with van der Waals surface area (Å²) >= 11 is 1.45. The largest absolute Gasteiger partial charge is 0.497 e. The summed E-state index contributed by atoms with van der Waals surface area (Å²) in [5.74, 6) is 1.52. The molecule has 0 spiro atoms. The maximum atomic E-state index is 12.7. The Kier molecular flexibility index (Phi) is 5.48. The molecule has 29 heavy (non-hydrogen) atoms. The van der Waals surface area contributed by atoms with E-state index in [4.69, 9.17) is 9.47 Å². The number of ether oxygens (including phenoxy) is 2. The Labute approximate surface area is 172 Å². The van der Waals surface area contributed by atoms with E-state index in [-0.39, 0.29) is 5.91 Å². The van der Waals surface area contributed by atoms with Crippen molar-refractivity contribution in [3.63, 3.8) is 0 Å². The Morgan fingerprint density at radius 3 is 2.34 bits per heavy atom. The van der Waals surface area contributed by atoms with Gasteiger partial charge in [0.1, 0.15) is 17.2 Å². The lowest BCUT2D eigenvalue weighted by molar-refractivity contribution is 0.0948. The topological polar surface area (TPSA) is 64.9 Å². The van der Waals surface area contributed by atoms with Gasteiger partial charge in [0.05, 0.1) is 19.9 Å². The standard InChI is InChI=1S/C22H21N3O3S/c1-27-17-7-3-15(4-8-17)11-12-23-21(26)20-14-29-22-24-19(13-25(20)22)16-5-9-18(28-2)10-6-16/h3-10,13-14H,11-12H2,1-2H3,(H,23,26). The highest BCUT2D eigenvalue weighted by atomic mass is 32.1. The molecule has 0 fully saturated rings. The fourth-order valence-electron chi connectivity index (χ4n) is 3.05. The van der Waals surface area contributed by atoms with Crippen molar-refractivity contribution in [1.82, 2.24) is 14.7 Å². The Morgan fingerprint density at radius 1 is 1.03 bits per heavy atom. The van der Waals surface area contributed by atoms with Crippen LogP contribution in [-0.4, -0.2) is 36.1 Å². The lowest BCUT2D eigenvalue weighted by Crippen LogP contribution is -2.26. The second kappa shape index (κ2) is 8.36. The summed E-state index contributed by atoms with van der Waals surface area (Å²) in [7, 11) is 3.29. The molecule has 4 rings (SSSR count). The number of aromatic nitrogens is 2. The van der Waals surface area contributed by atoms with Gasteiger partial charge in [-0.1, -0.05) is 12.1 Å². The molecule has 0 unspecified atom stereocenters. The Morgan fingerprint density at radius 2 is 1.69 bits per heavy atom. The third-order valence-corrected chi connectivity index (χ3v) is 5.53. The summed E-state index contributed by atoms with van der Waals surface area (Å²) in [5.41, 5.74) is 3.54. The van der Waals surface area contributed by atoms with Crippen molar-refractivity contribution in [1.29, 1.82) is 0 Å². The molecule has 0 bridgehead atoms. The van der Waals surface area contributed by atoms with E-state index in [1.54, 1.807) is 14.2 Å². The third kappa shape index (κ3) is 4.09. The van der Waals surface area contributed by atoms with Crippen LogP contribution in [0.1, 0.15) is 16.1 Å². The lowest BCUT2D eigenvalue weighted by Gasteiger charge is -2.06. The van der Waals surface area contributed by atoms with Crippen molar-refractivity contribution in [3.8, 4) is 22.8 Å². The zero-order valence-corrected chi connectivity index (χ0v) is 17.0. The molecule has 1 N–H and O–H groups in total. The maximum Gasteiger partial charge on any atom is 0.269 e. The van der Waals surface area contributed by atoms with Gasteiger partial charge in [0, 0.05) is 23.7 Å². The zero-order valence-electron chi connectivity index (χ0n) is 16.2. The van der Waals surface area contributed by atoms with Crippen LogP contribution in [0.5, 0.6) is 11.5 Å². The lowest BCUT2D eigenvalue weighted by atomic mass is 10.1. The minimum absolute atomic E-state index is 0.108. The van der Waals surface area contributed by atoms with Crippen LogP contribution in [0.25, 0.3) is 16.2 Å². The number of hydrogen-bond donors (Lipinski definition) is 1. The van der Waals surface area contributed by atoms with Crippen LogP contribution in [0.4, 0.5) is 0 Å². The van der Waals surface area contributed by atoms with Crippen LogP contribution >= 0.6 is 11.3 Å². The second-order valence-corrected chi connectivity index (χ2v) is 7.32. The second-order valence-electron chi connectivity index (χ2n) is 6.48. The first-order chi connectivity index (χ1) is 14.2. The highest BCUT2D eigenvalue weighted by Crippen LogP contribution is 2.25. The summed E-state index contributed by atoms with van der Waals surface area (Å²) in [6.07, 6.45) is 2.65. The van der Waals surface area contributed by atoms with Crippen molar-refractivity contribution in [2.45, 2.75) is 6.42 Å². The van der Waals surface area contributed by atoms with Crippen molar-refractivity contribution in [2.75, 3.05) is 20.8 Å². The molecule has 0 radical (unpaired) electrons. The van der Waals surface area contributed by atoms with Crippen LogP contribution < -0.4 is 14.8 Å². The SMILES string of the molecule is COc1ccc(CCNC(=O)c2csc3nc(-c4ccc(OC)cc4)cn23)cc1. The number of carbonyl (C=O) groups is 1. The Balaban J connectivity index is 1.43. The average molecular weight is 407 g/mol. The van der Waals surface area contributed by atoms with Crippen molar-refractivity contribution >= 4 is 22.2 Å². The number of rotatable bonds is 7. The summed E-state index contributed by atoms with van der Waals surface area (Å²) in [5, 5.41) is 4.83. The van der Waals surface area contributed by atoms with Gasteiger partial charge < -0.3 is 14.8 Å². The van der Waals surface area contributed by atoms with E-state index in [0.717, 1.165) is 39.7 Å². The first-order valence-corrected chi connectivity index (χ1v) is 10.1. The van der Waals surface area contributed by atoms with Crippen molar-refractivity contribution in [2.24, 2.45) is 0 Å². The molecule has 0 saturated heterocycles. The van der Waals surface area contributed by atoms with E-state index in [1.165, 1.54) is 11.3 Å². The number of fused-ring (bicyclic) bond motifs is 1. The van der Waals surface area contributed by atoms with Crippen LogP contribution in [-0.2, 0) is 6.42 Å². The smallest absolute Gasteiger partial charge is 0.269 e. The summed E-state index contributed by atoms with van der Waals surface area (Å²) in [4.78, 5) is 18.1. The number of benzene rings is 2. The number of hydrogen-bond acceptors (Lipinski definition) is 5. The predicted octanol–water partition coefficient (Wildman–Crippen LogP) is 4.05. The minimum Gasteiger partial charge on any atom is -0.497 e. The average Bonchev–Trinajstić information content (AvgIpc) is 3.35. The third-order valence-electron chi connectivity index (χ3n) is 4.69. The molecule has 2 aromatic heterocycles. The number of thiazole rings is 1. The monoisotopic (exact) mass is 407 g/mol.